The molecule has 30 heavy (non-hydrogen) atoms. The first-order valence-corrected chi connectivity index (χ1v) is 9.68. The Bertz CT molecular complexity index is 1010. The number of nitrogens with zero attached hydrogens (tertiary/aromatic N) is 1. The summed E-state index contributed by atoms with van der Waals surface area (Å²) in [5, 5.41) is 0.293. The third-order valence-corrected chi connectivity index (χ3v) is 4.90. The Balaban J connectivity index is 1.68. The second kappa shape index (κ2) is 10.0. The number of benzene rings is 3. The van der Waals surface area contributed by atoms with Gasteiger partial charge in [0.2, 0.25) is 0 Å². The van der Waals surface area contributed by atoms with Crippen LogP contribution in [0.15, 0.2) is 78.9 Å². The average Bonchev–Trinajstić information content (AvgIpc) is 2.75. The molecule has 2 N–H and O–H groups in total. The zero-order valence-corrected chi connectivity index (χ0v) is 17.1. The summed E-state index contributed by atoms with van der Waals surface area (Å²) in [7, 11) is 1.79. The molecule has 154 valence electrons. The Hall–Kier alpha value is -3.22. The monoisotopic (exact) mass is 425 g/mol. The van der Waals surface area contributed by atoms with Gasteiger partial charge in [-0.1, -0.05) is 66.2 Å². The first-order chi connectivity index (χ1) is 14.5. The van der Waals surface area contributed by atoms with Crippen LogP contribution in [0.2, 0.25) is 5.02 Å². The van der Waals surface area contributed by atoms with Gasteiger partial charge < -0.3 is 0 Å². The molecule has 0 spiro atoms. The van der Waals surface area contributed by atoms with E-state index in [-0.39, 0.29) is 24.0 Å². The van der Waals surface area contributed by atoms with Crippen LogP contribution in [0.3, 0.4) is 0 Å². The van der Waals surface area contributed by atoms with Crippen LogP contribution in [0.4, 0.5) is 4.39 Å². The molecule has 0 heterocycles. The zero-order chi connectivity index (χ0) is 21.5. The molecule has 0 saturated heterocycles. The zero-order valence-electron chi connectivity index (χ0n) is 16.3. The molecule has 0 aliphatic rings. The predicted octanol–water partition coefficient (Wildman–Crippen LogP) is 3.96. The van der Waals surface area contributed by atoms with Gasteiger partial charge in [0.05, 0.1) is 23.2 Å². The molecular formula is C23H21ClFN3O2. The topological polar surface area (TPSA) is 61.4 Å². The number of hydrazine groups is 1. The minimum atomic E-state index is -0.505. The molecule has 0 aliphatic heterocycles. The Kier molecular flexibility index (Phi) is 7.17. The summed E-state index contributed by atoms with van der Waals surface area (Å²) in [4.78, 5) is 26.5. The van der Waals surface area contributed by atoms with Gasteiger partial charge in [-0.3, -0.25) is 25.3 Å². The van der Waals surface area contributed by atoms with E-state index in [1.807, 2.05) is 35.2 Å². The van der Waals surface area contributed by atoms with Gasteiger partial charge in [0.1, 0.15) is 5.82 Å². The molecule has 0 saturated carbocycles. The van der Waals surface area contributed by atoms with Gasteiger partial charge in [0, 0.05) is 0 Å². The van der Waals surface area contributed by atoms with Crippen molar-refractivity contribution in [2.75, 3.05) is 13.6 Å². The van der Waals surface area contributed by atoms with Gasteiger partial charge in [-0.2, -0.15) is 0 Å². The lowest BCUT2D eigenvalue weighted by Gasteiger charge is -2.28. The van der Waals surface area contributed by atoms with Crippen molar-refractivity contribution in [2.24, 2.45) is 0 Å². The molecule has 2 amide bonds. The largest absolute Gasteiger partial charge is 0.286 e. The summed E-state index contributed by atoms with van der Waals surface area (Å²) in [6.07, 6.45) is 0. The summed E-state index contributed by atoms with van der Waals surface area (Å²) in [5.41, 5.74) is 6.85. The Morgan fingerprint density at radius 2 is 1.50 bits per heavy atom. The van der Waals surface area contributed by atoms with Crippen molar-refractivity contribution in [3.05, 3.63) is 106 Å². The molecule has 0 radical (unpaired) electrons. The highest BCUT2D eigenvalue weighted by molar-refractivity contribution is 6.33. The SMILES string of the molecule is CN(CC(=O)NNC(=O)c1ccccc1Cl)C(c1ccccc1)c1ccc(F)cc1. The number of likely N-dealkylation sites (N-methyl/N-ethyl adjacent to an activating group) is 1. The molecule has 0 fully saturated rings. The predicted molar refractivity (Wildman–Crippen MR) is 114 cm³/mol. The van der Waals surface area contributed by atoms with Crippen LogP contribution in [0.5, 0.6) is 0 Å². The molecular weight excluding hydrogens is 405 g/mol. The smallest absolute Gasteiger partial charge is 0.271 e. The van der Waals surface area contributed by atoms with Crippen LogP contribution in [0.25, 0.3) is 0 Å². The number of hydrogen-bond acceptors (Lipinski definition) is 3. The molecule has 5 nitrogen and oxygen atoms in total. The highest BCUT2D eigenvalue weighted by atomic mass is 35.5. The van der Waals surface area contributed by atoms with Gasteiger partial charge in [-0.15, -0.1) is 0 Å². The van der Waals surface area contributed by atoms with E-state index in [1.165, 1.54) is 12.1 Å². The maximum absolute atomic E-state index is 13.4. The highest BCUT2D eigenvalue weighted by Gasteiger charge is 2.21. The summed E-state index contributed by atoms with van der Waals surface area (Å²) in [6.45, 7) is -0.000259. The molecule has 3 aromatic carbocycles. The molecule has 7 heteroatoms. The van der Waals surface area contributed by atoms with E-state index in [2.05, 4.69) is 10.9 Å². The van der Waals surface area contributed by atoms with Crippen LogP contribution in [-0.4, -0.2) is 30.3 Å². The third kappa shape index (κ3) is 5.43. The van der Waals surface area contributed by atoms with E-state index in [0.717, 1.165) is 11.1 Å². The second-order valence-corrected chi connectivity index (χ2v) is 7.17. The molecule has 1 unspecified atom stereocenters. The fourth-order valence-electron chi connectivity index (χ4n) is 3.18. The Morgan fingerprint density at radius 3 is 2.17 bits per heavy atom. The van der Waals surface area contributed by atoms with Crippen molar-refractivity contribution in [1.29, 1.82) is 0 Å². The standard InChI is InChI=1S/C23H21ClFN3O2/c1-28(15-21(29)26-27-23(30)19-9-5-6-10-20(19)24)22(16-7-3-2-4-8-16)17-11-13-18(25)14-12-17/h2-14,22H,15H2,1H3,(H,26,29)(H,27,30). The fraction of sp³-hybridized carbons (Fsp3) is 0.130. The van der Waals surface area contributed by atoms with Gasteiger partial charge >= 0.3 is 0 Å². The minimum absolute atomic E-state index is 0.000259. The molecule has 3 aromatic rings. The van der Waals surface area contributed by atoms with E-state index in [4.69, 9.17) is 11.6 Å². The van der Waals surface area contributed by atoms with Crippen LogP contribution < -0.4 is 10.9 Å². The van der Waals surface area contributed by atoms with Crippen LogP contribution in [0.1, 0.15) is 27.5 Å². The molecule has 0 aliphatic carbocycles. The van der Waals surface area contributed by atoms with Crippen molar-refractivity contribution in [3.63, 3.8) is 0 Å². The molecule has 0 aromatic heterocycles. The maximum atomic E-state index is 13.4. The summed E-state index contributed by atoms with van der Waals surface area (Å²) in [5.74, 6) is -1.23. The number of rotatable bonds is 6. The Labute approximate surface area is 179 Å². The number of amides is 2. The normalized spacial score (nSPS) is 11.7. The van der Waals surface area contributed by atoms with E-state index in [1.54, 1.807) is 43.4 Å². The first kappa shape index (κ1) is 21.5. The van der Waals surface area contributed by atoms with E-state index in [0.29, 0.717) is 5.02 Å². The second-order valence-electron chi connectivity index (χ2n) is 6.76. The average molecular weight is 426 g/mol. The van der Waals surface area contributed by atoms with E-state index in [9.17, 15) is 14.0 Å². The number of hydrogen-bond donors (Lipinski definition) is 2. The molecule has 0 bridgehead atoms. The first-order valence-electron chi connectivity index (χ1n) is 9.30. The van der Waals surface area contributed by atoms with Gasteiger partial charge in [-0.25, -0.2) is 4.39 Å². The summed E-state index contributed by atoms with van der Waals surface area (Å²) < 4.78 is 13.4. The van der Waals surface area contributed by atoms with Gasteiger partial charge in [-0.05, 0) is 42.4 Å². The van der Waals surface area contributed by atoms with Crippen molar-refractivity contribution in [1.82, 2.24) is 15.8 Å². The van der Waals surface area contributed by atoms with Gasteiger partial charge in [0.15, 0.2) is 0 Å². The van der Waals surface area contributed by atoms with Crippen LogP contribution in [-0.2, 0) is 4.79 Å². The molecule has 1 atom stereocenters. The summed E-state index contributed by atoms with van der Waals surface area (Å²) >= 11 is 6.00. The third-order valence-electron chi connectivity index (χ3n) is 4.57. The van der Waals surface area contributed by atoms with Gasteiger partial charge in [0.25, 0.3) is 11.8 Å². The maximum Gasteiger partial charge on any atom is 0.271 e. The minimum Gasteiger partial charge on any atom is -0.286 e. The lowest BCUT2D eigenvalue weighted by atomic mass is 9.97. The number of carbonyl (C=O) groups excluding carboxylic acids is 2. The number of halogens is 2. The van der Waals surface area contributed by atoms with Crippen molar-refractivity contribution < 1.29 is 14.0 Å². The number of nitrogens with one attached hydrogen (secondary N) is 2. The lowest BCUT2D eigenvalue weighted by Crippen LogP contribution is -2.46. The van der Waals surface area contributed by atoms with E-state index >= 15 is 0 Å². The molecule has 3 rings (SSSR count). The summed E-state index contributed by atoms with van der Waals surface area (Å²) in [6, 6.07) is 22.1. The lowest BCUT2D eigenvalue weighted by molar-refractivity contribution is -0.123. The van der Waals surface area contributed by atoms with Crippen molar-refractivity contribution >= 4 is 23.4 Å². The van der Waals surface area contributed by atoms with Crippen LogP contribution >= 0.6 is 11.6 Å². The quantitative estimate of drug-likeness (QED) is 0.587. The number of carbonyl (C=O) groups is 2. The van der Waals surface area contributed by atoms with Crippen molar-refractivity contribution in [2.45, 2.75) is 6.04 Å². The highest BCUT2D eigenvalue weighted by Crippen LogP contribution is 2.27. The van der Waals surface area contributed by atoms with Crippen molar-refractivity contribution in [3.8, 4) is 0 Å². The Morgan fingerprint density at radius 1 is 0.900 bits per heavy atom. The fourth-order valence-corrected chi connectivity index (χ4v) is 3.40. The van der Waals surface area contributed by atoms with E-state index < -0.39 is 11.8 Å². The van der Waals surface area contributed by atoms with Crippen LogP contribution in [0, 0.1) is 5.82 Å².